The average molecular weight is 279 g/mol. The third kappa shape index (κ3) is 3.22. The Bertz CT molecular complexity index is 292. The summed E-state index contributed by atoms with van der Waals surface area (Å²) in [5.74, 6) is 1.86. The third-order valence-electron chi connectivity index (χ3n) is 6.13. The Balaban J connectivity index is 1.60. The van der Waals surface area contributed by atoms with Gasteiger partial charge in [-0.3, -0.25) is 0 Å². The Morgan fingerprint density at radius 2 is 1.90 bits per heavy atom. The SMILES string of the molecule is CCCNC1CCCC1C1CCOC2(CCCCC2)C1. The van der Waals surface area contributed by atoms with Gasteiger partial charge in [0.05, 0.1) is 5.60 Å². The first-order chi connectivity index (χ1) is 9.83. The van der Waals surface area contributed by atoms with E-state index in [2.05, 4.69) is 12.2 Å². The largest absolute Gasteiger partial charge is 0.375 e. The maximum atomic E-state index is 6.29. The molecule has 0 bridgehead atoms. The van der Waals surface area contributed by atoms with Crippen molar-refractivity contribution in [2.24, 2.45) is 11.8 Å². The second-order valence-electron chi connectivity index (χ2n) is 7.50. The molecule has 1 N–H and O–H groups in total. The van der Waals surface area contributed by atoms with Crippen LogP contribution in [0.15, 0.2) is 0 Å². The lowest BCUT2D eigenvalue weighted by Gasteiger charge is -2.46. The van der Waals surface area contributed by atoms with E-state index in [1.54, 1.807) is 0 Å². The number of nitrogens with one attached hydrogen (secondary N) is 1. The molecule has 3 aliphatic rings. The first kappa shape index (κ1) is 14.8. The normalized spacial score (nSPS) is 37.4. The fourth-order valence-corrected chi connectivity index (χ4v) is 5.11. The van der Waals surface area contributed by atoms with Crippen molar-refractivity contribution >= 4 is 0 Å². The highest BCUT2D eigenvalue weighted by Gasteiger charge is 2.43. The minimum absolute atomic E-state index is 0.291. The van der Waals surface area contributed by atoms with Gasteiger partial charge in [-0.25, -0.2) is 0 Å². The van der Waals surface area contributed by atoms with E-state index in [1.807, 2.05) is 0 Å². The van der Waals surface area contributed by atoms with E-state index in [-0.39, 0.29) is 0 Å². The van der Waals surface area contributed by atoms with Crippen LogP contribution in [0.1, 0.15) is 77.6 Å². The smallest absolute Gasteiger partial charge is 0.0685 e. The molecule has 3 atom stereocenters. The van der Waals surface area contributed by atoms with Crippen LogP contribution < -0.4 is 5.32 Å². The molecular formula is C18H33NO. The molecule has 3 unspecified atom stereocenters. The fourth-order valence-electron chi connectivity index (χ4n) is 5.11. The van der Waals surface area contributed by atoms with Crippen LogP contribution in [-0.4, -0.2) is 24.8 Å². The summed E-state index contributed by atoms with van der Waals surface area (Å²) in [5, 5.41) is 3.83. The fraction of sp³-hybridized carbons (Fsp3) is 1.00. The van der Waals surface area contributed by atoms with E-state index < -0.39 is 0 Å². The monoisotopic (exact) mass is 279 g/mol. The predicted molar refractivity (Wildman–Crippen MR) is 83.9 cm³/mol. The zero-order chi connectivity index (χ0) is 13.8. The van der Waals surface area contributed by atoms with Crippen molar-refractivity contribution in [3.63, 3.8) is 0 Å². The first-order valence-electron chi connectivity index (χ1n) is 9.20. The maximum Gasteiger partial charge on any atom is 0.0685 e. The molecule has 0 aromatic heterocycles. The topological polar surface area (TPSA) is 21.3 Å². The molecule has 0 amide bonds. The van der Waals surface area contributed by atoms with Crippen molar-refractivity contribution in [2.75, 3.05) is 13.2 Å². The minimum atomic E-state index is 0.291. The number of ether oxygens (including phenoxy) is 1. The molecule has 20 heavy (non-hydrogen) atoms. The third-order valence-corrected chi connectivity index (χ3v) is 6.13. The molecule has 3 fully saturated rings. The Labute approximate surface area is 125 Å². The summed E-state index contributed by atoms with van der Waals surface area (Å²) in [5.41, 5.74) is 0.291. The lowest BCUT2D eigenvalue weighted by molar-refractivity contribution is -0.126. The zero-order valence-corrected chi connectivity index (χ0v) is 13.3. The summed E-state index contributed by atoms with van der Waals surface area (Å²) in [6.07, 6.45) is 15.2. The van der Waals surface area contributed by atoms with E-state index in [9.17, 15) is 0 Å². The molecule has 116 valence electrons. The predicted octanol–water partition coefficient (Wildman–Crippen LogP) is 4.28. The molecule has 1 saturated heterocycles. The number of rotatable bonds is 4. The second-order valence-corrected chi connectivity index (χ2v) is 7.50. The Morgan fingerprint density at radius 3 is 2.70 bits per heavy atom. The highest BCUT2D eigenvalue weighted by molar-refractivity contribution is 4.95. The van der Waals surface area contributed by atoms with Crippen molar-refractivity contribution in [3.8, 4) is 0 Å². The van der Waals surface area contributed by atoms with Crippen molar-refractivity contribution in [3.05, 3.63) is 0 Å². The van der Waals surface area contributed by atoms with Crippen LogP contribution in [0.5, 0.6) is 0 Å². The average Bonchev–Trinajstić information content (AvgIpc) is 2.94. The van der Waals surface area contributed by atoms with Crippen molar-refractivity contribution in [1.29, 1.82) is 0 Å². The van der Waals surface area contributed by atoms with Gasteiger partial charge < -0.3 is 10.1 Å². The molecule has 1 spiro atoms. The molecule has 1 heterocycles. The van der Waals surface area contributed by atoms with Gasteiger partial charge in [0.15, 0.2) is 0 Å². The zero-order valence-electron chi connectivity index (χ0n) is 13.3. The van der Waals surface area contributed by atoms with Crippen LogP contribution in [-0.2, 0) is 4.74 Å². The molecule has 2 nitrogen and oxygen atoms in total. The van der Waals surface area contributed by atoms with Gasteiger partial charge in [0.25, 0.3) is 0 Å². The summed E-state index contributed by atoms with van der Waals surface area (Å²) in [4.78, 5) is 0. The Kier molecular flexibility index (Phi) is 5.04. The number of hydrogen-bond donors (Lipinski definition) is 1. The molecule has 3 rings (SSSR count). The van der Waals surface area contributed by atoms with Crippen molar-refractivity contribution in [2.45, 2.75) is 89.2 Å². The summed E-state index contributed by atoms with van der Waals surface area (Å²) in [6.45, 7) is 4.51. The van der Waals surface area contributed by atoms with Gasteiger partial charge in [0.2, 0.25) is 0 Å². The van der Waals surface area contributed by atoms with E-state index >= 15 is 0 Å². The van der Waals surface area contributed by atoms with Crippen molar-refractivity contribution < 1.29 is 4.74 Å². The summed E-state index contributed by atoms with van der Waals surface area (Å²) in [7, 11) is 0. The molecule has 0 aromatic carbocycles. The quantitative estimate of drug-likeness (QED) is 0.829. The summed E-state index contributed by atoms with van der Waals surface area (Å²) >= 11 is 0. The van der Waals surface area contributed by atoms with Gasteiger partial charge in [0.1, 0.15) is 0 Å². The van der Waals surface area contributed by atoms with Crippen LogP contribution >= 0.6 is 0 Å². The van der Waals surface area contributed by atoms with E-state index in [0.29, 0.717) is 5.60 Å². The standard InChI is InChI=1S/C18H33NO/c1-2-12-19-17-8-6-7-16(17)15-9-13-20-18(14-15)10-4-3-5-11-18/h15-17,19H,2-14H2,1H3. The molecule has 2 saturated carbocycles. The maximum absolute atomic E-state index is 6.29. The molecular weight excluding hydrogens is 246 g/mol. The molecule has 1 aliphatic heterocycles. The van der Waals surface area contributed by atoms with E-state index in [4.69, 9.17) is 4.74 Å². The molecule has 0 aromatic rings. The Morgan fingerprint density at radius 1 is 1.05 bits per heavy atom. The van der Waals surface area contributed by atoms with Crippen LogP contribution in [0.25, 0.3) is 0 Å². The summed E-state index contributed by atoms with van der Waals surface area (Å²) in [6, 6.07) is 0.804. The van der Waals surface area contributed by atoms with Gasteiger partial charge in [0, 0.05) is 12.6 Å². The number of hydrogen-bond acceptors (Lipinski definition) is 2. The lowest BCUT2D eigenvalue weighted by atomic mass is 9.71. The first-order valence-corrected chi connectivity index (χ1v) is 9.20. The van der Waals surface area contributed by atoms with Gasteiger partial charge in [-0.05, 0) is 63.3 Å². The van der Waals surface area contributed by atoms with Crippen LogP contribution in [0.4, 0.5) is 0 Å². The highest BCUT2D eigenvalue weighted by atomic mass is 16.5. The van der Waals surface area contributed by atoms with Crippen molar-refractivity contribution in [1.82, 2.24) is 5.32 Å². The minimum Gasteiger partial charge on any atom is -0.375 e. The summed E-state index contributed by atoms with van der Waals surface area (Å²) < 4.78 is 6.29. The van der Waals surface area contributed by atoms with Crippen LogP contribution in [0.3, 0.4) is 0 Å². The lowest BCUT2D eigenvalue weighted by Crippen LogP contribution is -2.46. The van der Waals surface area contributed by atoms with Crippen LogP contribution in [0, 0.1) is 11.8 Å². The van der Waals surface area contributed by atoms with E-state index in [1.165, 1.54) is 77.2 Å². The van der Waals surface area contributed by atoms with Gasteiger partial charge in [-0.2, -0.15) is 0 Å². The van der Waals surface area contributed by atoms with Gasteiger partial charge >= 0.3 is 0 Å². The van der Waals surface area contributed by atoms with Crippen LogP contribution in [0.2, 0.25) is 0 Å². The second kappa shape index (κ2) is 6.79. The highest BCUT2D eigenvalue weighted by Crippen LogP contribution is 2.46. The molecule has 2 heteroatoms. The van der Waals surface area contributed by atoms with Gasteiger partial charge in [-0.1, -0.05) is 32.6 Å². The van der Waals surface area contributed by atoms with Gasteiger partial charge in [-0.15, -0.1) is 0 Å². The Hall–Kier alpha value is -0.0800. The van der Waals surface area contributed by atoms with E-state index in [0.717, 1.165) is 24.5 Å². The molecule has 0 radical (unpaired) electrons. The molecule has 2 aliphatic carbocycles.